The largest absolute Gasteiger partial charge is 0.464 e. The number of anilines is 1. The molecule has 0 saturated heterocycles. The number of aliphatic hydroxyl groups excluding tert-OH is 1. The summed E-state index contributed by atoms with van der Waals surface area (Å²) in [5, 5.41) is 13.0. The lowest BCUT2D eigenvalue weighted by Crippen LogP contribution is -2.47. The van der Waals surface area contributed by atoms with Gasteiger partial charge in [-0.2, -0.15) is 0 Å². The van der Waals surface area contributed by atoms with E-state index >= 15 is 0 Å². The Bertz CT molecular complexity index is 559. The number of ether oxygens (including phenoxy) is 2. The molecule has 0 unspecified atom stereocenters. The van der Waals surface area contributed by atoms with E-state index in [0.29, 0.717) is 16.4 Å². The number of esters is 2. The SMILES string of the molecule is CCOC(=O)[C@H](O)[C@@H](Nc1nc(C)c(Cl)c(C)n1)C(=O)OCC. The standard InChI is InChI=1S/C14H20ClN3O5/c1-5-22-12(20)10(11(19)13(21)23-6-2)18-14-16-7(3)9(15)8(4)17-14/h10-11,19H,5-6H2,1-4H3,(H,16,17,18)/t10-,11-/m1/s1. The molecule has 0 aliphatic rings. The lowest BCUT2D eigenvalue weighted by atomic mass is 10.1. The first-order chi connectivity index (χ1) is 10.8. The van der Waals surface area contributed by atoms with Crippen molar-refractivity contribution >= 4 is 29.5 Å². The zero-order valence-corrected chi connectivity index (χ0v) is 14.2. The zero-order valence-electron chi connectivity index (χ0n) is 13.4. The van der Waals surface area contributed by atoms with Gasteiger partial charge in [-0.1, -0.05) is 11.6 Å². The summed E-state index contributed by atoms with van der Waals surface area (Å²) in [5.41, 5.74) is 0.991. The van der Waals surface area contributed by atoms with Crippen molar-refractivity contribution in [3.8, 4) is 0 Å². The fourth-order valence-electron chi connectivity index (χ4n) is 1.77. The van der Waals surface area contributed by atoms with Crippen LogP contribution < -0.4 is 5.32 Å². The molecule has 1 heterocycles. The molecule has 128 valence electrons. The Kier molecular flexibility index (Phi) is 7.18. The topological polar surface area (TPSA) is 111 Å². The second-order valence-electron chi connectivity index (χ2n) is 4.60. The second-order valence-corrected chi connectivity index (χ2v) is 4.98. The molecule has 0 aromatic carbocycles. The number of nitrogens with one attached hydrogen (secondary N) is 1. The first kappa shape index (κ1) is 19.1. The van der Waals surface area contributed by atoms with Crippen LogP contribution in [0.15, 0.2) is 0 Å². The zero-order chi connectivity index (χ0) is 17.6. The van der Waals surface area contributed by atoms with Gasteiger partial charge in [0.15, 0.2) is 12.1 Å². The quantitative estimate of drug-likeness (QED) is 0.704. The molecule has 0 aliphatic heterocycles. The van der Waals surface area contributed by atoms with Gasteiger partial charge < -0.3 is 19.9 Å². The molecular weight excluding hydrogens is 326 g/mol. The molecular formula is C14H20ClN3O5. The van der Waals surface area contributed by atoms with E-state index in [0.717, 1.165) is 0 Å². The Hall–Kier alpha value is -1.93. The van der Waals surface area contributed by atoms with Crippen LogP contribution in [-0.4, -0.2) is 52.4 Å². The van der Waals surface area contributed by atoms with E-state index in [1.54, 1.807) is 27.7 Å². The fraction of sp³-hybridized carbons (Fsp3) is 0.571. The van der Waals surface area contributed by atoms with Crippen LogP contribution in [0.2, 0.25) is 5.02 Å². The van der Waals surface area contributed by atoms with Crippen LogP contribution in [0.5, 0.6) is 0 Å². The molecule has 9 heteroatoms. The van der Waals surface area contributed by atoms with Gasteiger partial charge in [-0.15, -0.1) is 0 Å². The van der Waals surface area contributed by atoms with Gasteiger partial charge in [-0.05, 0) is 27.7 Å². The van der Waals surface area contributed by atoms with Gasteiger partial charge in [0.25, 0.3) is 0 Å². The van der Waals surface area contributed by atoms with Crippen LogP contribution in [0.4, 0.5) is 5.95 Å². The molecule has 0 saturated carbocycles. The number of aryl methyl sites for hydroxylation is 2. The smallest absolute Gasteiger partial charge is 0.337 e. The maximum atomic E-state index is 12.0. The number of halogens is 1. The first-order valence-corrected chi connectivity index (χ1v) is 7.48. The molecule has 0 radical (unpaired) electrons. The monoisotopic (exact) mass is 345 g/mol. The van der Waals surface area contributed by atoms with Crippen LogP contribution in [0.25, 0.3) is 0 Å². The first-order valence-electron chi connectivity index (χ1n) is 7.10. The fourth-order valence-corrected chi connectivity index (χ4v) is 1.85. The van der Waals surface area contributed by atoms with E-state index in [1.165, 1.54) is 0 Å². The van der Waals surface area contributed by atoms with Gasteiger partial charge in [0.2, 0.25) is 5.95 Å². The molecule has 23 heavy (non-hydrogen) atoms. The number of carbonyl (C=O) groups is 2. The van der Waals surface area contributed by atoms with Crippen LogP contribution in [0, 0.1) is 13.8 Å². The van der Waals surface area contributed by atoms with Crippen molar-refractivity contribution in [1.82, 2.24) is 9.97 Å². The van der Waals surface area contributed by atoms with Gasteiger partial charge >= 0.3 is 11.9 Å². The molecule has 0 fully saturated rings. The normalized spacial score (nSPS) is 13.1. The maximum absolute atomic E-state index is 12.0. The van der Waals surface area contributed by atoms with E-state index in [1.807, 2.05) is 0 Å². The summed E-state index contributed by atoms with van der Waals surface area (Å²) in [7, 11) is 0. The van der Waals surface area contributed by atoms with Crippen LogP contribution in [0.1, 0.15) is 25.2 Å². The molecule has 2 N–H and O–H groups in total. The number of hydrogen-bond donors (Lipinski definition) is 2. The predicted molar refractivity (Wildman–Crippen MR) is 83.2 cm³/mol. The lowest BCUT2D eigenvalue weighted by molar-refractivity contribution is -0.160. The Balaban J connectivity index is 3.05. The summed E-state index contributed by atoms with van der Waals surface area (Å²) in [6.45, 7) is 6.70. The van der Waals surface area contributed by atoms with Crippen molar-refractivity contribution < 1.29 is 24.2 Å². The van der Waals surface area contributed by atoms with Gasteiger partial charge in [0.05, 0.1) is 29.6 Å². The van der Waals surface area contributed by atoms with E-state index < -0.39 is 24.1 Å². The number of hydrogen-bond acceptors (Lipinski definition) is 8. The molecule has 0 spiro atoms. The van der Waals surface area contributed by atoms with Crippen LogP contribution in [-0.2, 0) is 19.1 Å². The van der Waals surface area contributed by atoms with Crippen LogP contribution >= 0.6 is 11.6 Å². The highest BCUT2D eigenvalue weighted by Crippen LogP contribution is 2.19. The average molecular weight is 346 g/mol. The van der Waals surface area contributed by atoms with E-state index in [2.05, 4.69) is 15.3 Å². The minimum atomic E-state index is -1.76. The Morgan fingerprint density at radius 1 is 1.13 bits per heavy atom. The predicted octanol–water partition coefficient (Wildman–Crippen LogP) is 1.01. The van der Waals surface area contributed by atoms with Gasteiger partial charge in [-0.3, -0.25) is 0 Å². The summed E-state index contributed by atoms with van der Waals surface area (Å²) < 4.78 is 9.58. The van der Waals surface area contributed by atoms with Crippen molar-refractivity contribution in [1.29, 1.82) is 0 Å². The van der Waals surface area contributed by atoms with Crippen molar-refractivity contribution in [2.45, 2.75) is 39.8 Å². The highest BCUT2D eigenvalue weighted by molar-refractivity contribution is 6.31. The highest BCUT2D eigenvalue weighted by Gasteiger charge is 2.35. The number of rotatable bonds is 7. The molecule has 1 rings (SSSR count). The summed E-state index contributed by atoms with van der Waals surface area (Å²) in [5.74, 6) is -1.71. The Morgan fingerprint density at radius 2 is 1.61 bits per heavy atom. The number of nitrogens with zero attached hydrogens (tertiary/aromatic N) is 2. The Morgan fingerprint density at radius 3 is 2.09 bits per heavy atom. The molecule has 0 aliphatic carbocycles. The van der Waals surface area contributed by atoms with Gasteiger partial charge in [0, 0.05) is 0 Å². The van der Waals surface area contributed by atoms with E-state index in [-0.39, 0.29) is 19.2 Å². The minimum absolute atomic E-state index is 0.0470. The molecule has 8 nitrogen and oxygen atoms in total. The summed E-state index contributed by atoms with van der Waals surface area (Å²) >= 11 is 5.98. The summed E-state index contributed by atoms with van der Waals surface area (Å²) in [4.78, 5) is 31.8. The van der Waals surface area contributed by atoms with E-state index in [4.69, 9.17) is 21.1 Å². The van der Waals surface area contributed by atoms with Crippen LogP contribution in [0.3, 0.4) is 0 Å². The third-order valence-corrected chi connectivity index (χ3v) is 3.40. The molecule has 0 bridgehead atoms. The van der Waals surface area contributed by atoms with Gasteiger partial charge in [-0.25, -0.2) is 19.6 Å². The maximum Gasteiger partial charge on any atom is 0.337 e. The summed E-state index contributed by atoms with van der Waals surface area (Å²) in [6, 6.07) is -1.39. The average Bonchev–Trinajstić information content (AvgIpc) is 2.49. The summed E-state index contributed by atoms with van der Waals surface area (Å²) in [6.07, 6.45) is -1.76. The second kappa shape index (κ2) is 8.64. The number of carbonyl (C=O) groups excluding carboxylic acids is 2. The number of aromatic nitrogens is 2. The van der Waals surface area contributed by atoms with Gasteiger partial charge in [0.1, 0.15) is 0 Å². The number of aliphatic hydroxyl groups is 1. The molecule has 1 aromatic heterocycles. The third kappa shape index (κ3) is 5.04. The minimum Gasteiger partial charge on any atom is -0.464 e. The highest BCUT2D eigenvalue weighted by atomic mass is 35.5. The van der Waals surface area contributed by atoms with Crippen molar-refractivity contribution in [3.05, 3.63) is 16.4 Å². The molecule has 0 amide bonds. The van der Waals surface area contributed by atoms with Crippen molar-refractivity contribution in [3.63, 3.8) is 0 Å². The lowest BCUT2D eigenvalue weighted by Gasteiger charge is -2.21. The van der Waals surface area contributed by atoms with E-state index in [9.17, 15) is 14.7 Å². The molecule has 2 atom stereocenters. The third-order valence-electron chi connectivity index (χ3n) is 2.85. The Labute approximate surface area is 139 Å². The van der Waals surface area contributed by atoms with Crippen molar-refractivity contribution in [2.75, 3.05) is 18.5 Å². The molecule has 1 aromatic rings. The van der Waals surface area contributed by atoms with Crippen molar-refractivity contribution in [2.24, 2.45) is 0 Å².